The zero-order valence-electron chi connectivity index (χ0n) is 28.0. The third-order valence-corrected chi connectivity index (χ3v) is 10.1. The Morgan fingerprint density at radius 3 is 2.10 bits per heavy atom. The van der Waals surface area contributed by atoms with E-state index in [0.717, 1.165) is 6.07 Å². The first-order valence-corrected chi connectivity index (χ1v) is 16.8. The zero-order chi connectivity index (χ0) is 37.8. The number of Topliss-reactive ketones (excluding diaryl/α,β-unsaturated/α-hetero) is 1. The van der Waals surface area contributed by atoms with Crippen LogP contribution in [0.4, 0.5) is 0 Å². The molecule has 1 saturated carbocycles. The number of carbonyl (C=O) groups excluding carboxylic acids is 1. The molecule has 18 nitrogen and oxygen atoms in total. The lowest BCUT2D eigenvalue weighted by molar-refractivity contribution is -0.334. The molecule has 288 valence electrons. The van der Waals surface area contributed by atoms with Crippen molar-refractivity contribution in [3.05, 3.63) is 47.5 Å². The highest BCUT2D eigenvalue weighted by Crippen LogP contribution is 2.45. The summed E-state index contributed by atoms with van der Waals surface area (Å²) in [5.41, 5.74) is -0.117. The topological polar surface area (TPSA) is 295 Å². The number of benzene rings is 2. The van der Waals surface area contributed by atoms with Gasteiger partial charge in [0, 0.05) is 12.1 Å². The number of aliphatic hydroxyl groups excluding tert-OH is 9. The molecule has 18 heteroatoms. The van der Waals surface area contributed by atoms with Crippen LogP contribution in [0.15, 0.2) is 36.4 Å². The minimum Gasteiger partial charge on any atom is -0.508 e. The lowest BCUT2D eigenvalue weighted by atomic mass is 9.81. The van der Waals surface area contributed by atoms with E-state index in [0.29, 0.717) is 0 Å². The molecule has 2 aromatic rings. The molecule has 52 heavy (non-hydrogen) atoms. The lowest BCUT2D eigenvalue weighted by Crippen LogP contribution is -2.63. The Labute approximate surface area is 296 Å². The number of rotatable bonds is 8. The molecule has 0 bridgehead atoms. The fraction of sp³-hybridized carbons (Fsp3) is 0.618. The van der Waals surface area contributed by atoms with Crippen LogP contribution in [0.2, 0.25) is 0 Å². The molecule has 1 aliphatic carbocycles. The SMILES string of the molecule is C[C@@H]1O[C@H](Oc2cc(O)c3c(c2)O[C@@H](c2ccc(O)cc2)[C@@H](O[C@H]2O[C@H](CO)[C@@H](O)[C@H](O)[C@@H]2O[C@@H]2C[C@H](C)[C@H](O)[C@@H](O)[C@H]2O)C3=O)[C@H](O)[C@H](O)[C@H]1O. The Morgan fingerprint density at radius 2 is 1.42 bits per heavy atom. The summed E-state index contributed by atoms with van der Waals surface area (Å²) >= 11 is 0. The molecular formula is C34H44O18. The Hall–Kier alpha value is -3.21. The number of aliphatic hydroxyl groups is 9. The van der Waals surface area contributed by atoms with Gasteiger partial charge < -0.3 is 84.6 Å². The van der Waals surface area contributed by atoms with Gasteiger partial charge in [0.1, 0.15) is 83.5 Å². The largest absolute Gasteiger partial charge is 0.508 e. The number of ketones is 1. The molecule has 4 aliphatic rings. The van der Waals surface area contributed by atoms with Crippen molar-refractivity contribution in [1.82, 2.24) is 0 Å². The average molecular weight is 741 g/mol. The highest BCUT2D eigenvalue weighted by Gasteiger charge is 2.53. The average Bonchev–Trinajstić information content (AvgIpc) is 3.11. The van der Waals surface area contributed by atoms with Crippen molar-refractivity contribution in [2.75, 3.05) is 6.61 Å². The van der Waals surface area contributed by atoms with Crippen molar-refractivity contribution in [1.29, 1.82) is 0 Å². The molecule has 0 aromatic heterocycles. The first-order valence-electron chi connectivity index (χ1n) is 16.8. The van der Waals surface area contributed by atoms with Gasteiger partial charge in [-0.05, 0) is 37.0 Å². The number of aromatic hydroxyl groups is 2. The molecule has 2 aromatic carbocycles. The zero-order valence-corrected chi connectivity index (χ0v) is 28.0. The van der Waals surface area contributed by atoms with E-state index in [1.54, 1.807) is 6.92 Å². The van der Waals surface area contributed by atoms with E-state index in [2.05, 4.69) is 0 Å². The van der Waals surface area contributed by atoms with E-state index in [4.69, 9.17) is 28.4 Å². The number of hydrogen-bond donors (Lipinski definition) is 11. The van der Waals surface area contributed by atoms with Gasteiger partial charge in [-0.15, -0.1) is 0 Å². The predicted octanol–water partition coefficient (Wildman–Crippen LogP) is -2.68. The van der Waals surface area contributed by atoms with Crippen molar-refractivity contribution in [2.45, 2.75) is 118 Å². The van der Waals surface area contributed by atoms with Gasteiger partial charge in [-0.2, -0.15) is 0 Å². The smallest absolute Gasteiger partial charge is 0.229 e. The molecule has 0 unspecified atom stereocenters. The number of phenols is 2. The fourth-order valence-electron chi connectivity index (χ4n) is 6.94. The number of fused-ring (bicyclic) bond motifs is 1. The van der Waals surface area contributed by atoms with E-state index in [1.165, 1.54) is 37.3 Å². The number of hydrogen-bond acceptors (Lipinski definition) is 18. The monoisotopic (exact) mass is 740 g/mol. The summed E-state index contributed by atoms with van der Waals surface area (Å²) in [5, 5.41) is 115. The Balaban J connectivity index is 1.33. The van der Waals surface area contributed by atoms with E-state index in [1.807, 2.05) is 0 Å². The van der Waals surface area contributed by atoms with E-state index in [-0.39, 0.29) is 34.8 Å². The van der Waals surface area contributed by atoms with Crippen LogP contribution >= 0.6 is 0 Å². The molecule has 0 amide bonds. The third kappa shape index (κ3) is 7.19. The van der Waals surface area contributed by atoms with Crippen molar-refractivity contribution in [3.63, 3.8) is 0 Å². The molecule has 3 heterocycles. The second kappa shape index (κ2) is 15.3. The molecule has 11 N–H and O–H groups in total. The maximum atomic E-state index is 14.3. The second-order valence-electron chi connectivity index (χ2n) is 13.7. The van der Waals surface area contributed by atoms with Crippen LogP contribution in [-0.4, -0.2) is 160 Å². The lowest BCUT2D eigenvalue weighted by Gasteiger charge is -2.47. The normalized spacial score (nSPS) is 42.3. The molecule has 3 fully saturated rings. The van der Waals surface area contributed by atoms with Crippen molar-refractivity contribution in [2.24, 2.45) is 5.92 Å². The summed E-state index contributed by atoms with van der Waals surface area (Å²) in [6.07, 6.45) is -24.3. The summed E-state index contributed by atoms with van der Waals surface area (Å²) in [4.78, 5) is 14.3. The summed E-state index contributed by atoms with van der Waals surface area (Å²) < 4.78 is 35.3. The van der Waals surface area contributed by atoms with Gasteiger partial charge >= 0.3 is 0 Å². The first-order chi connectivity index (χ1) is 24.6. The summed E-state index contributed by atoms with van der Waals surface area (Å²) in [5.74, 6) is -2.60. The number of carbonyl (C=O) groups is 1. The third-order valence-electron chi connectivity index (χ3n) is 10.1. The van der Waals surface area contributed by atoms with Gasteiger partial charge in [0.05, 0.1) is 24.9 Å². The Kier molecular flexibility index (Phi) is 11.3. The highest BCUT2D eigenvalue weighted by molar-refractivity contribution is 6.05. The number of phenolic OH excluding ortho intramolecular Hbond substituents is 2. The quantitative estimate of drug-likeness (QED) is 0.131. The molecule has 3 aliphatic heterocycles. The van der Waals surface area contributed by atoms with Crippen LogP contribution in [0.3, 0.4) is 0 Å². The molecule has 2 saturated heterocycles. The number of ether oxygens (including phenoxy) is 6. The van der Waals surface area contributed by atoms with Crippen LogP contribution in [0.1, 0.15) is 42.3 Å². The van der Waals surface area contributed by atoms with Crippen LogP contribution in [-0.2, 0) is 18.9 Å². The maximum absolute atomic E-state index is 14.3. The van der Waals surface area contributed by atoms with Crippen molar-refractivity contribution in [3.8, 4) is 23.0 Å². The molecular weight excluding hydrogens is 696 g/mol. The predicted molar refractivity (Wildman–Crippen MR) is 170 cm³/mol. The van der Waals surface area contributed by atoms with Gasteiger partial charge in [0.2, 0.25) is 12.1 Å². The Morgan fingerprint density at radius 1 is 0.750 bits per heavy atom. The van der Waals surface area contributed by atoms with Crippen LogP contribution in [0.25, 0.3) is 0 Å². The van der Waals surface area contributed by atoms with Crippen LogP contribution in [0.5, 0.6) is 23.0 Å². The van der Waals surface area contributed by atoms with Crippen LogP contribution in [0, 0.1) is 5.92 Å². The van der Waals surface area contributed by atoms with E-state index < -0.39 is 122 Å². The van der Waals surface area contributed by atoms with E-state index in [9.17, 15) is 61.0 Å². The van der Waals surface area contributed by atoms with Gasteiger partial charge in [-0.3, -0.25) is 4.79 Å². The standard InChI is InChI=1S/C34H44O18/c1-11-7-18(23(40)26(43)21(11)38)50-32-28(45)24(41)19(10-35)51-34(32)52-31-25(42)20-16(37)8-15(48-33-29(46)27(44)22(39)12(2)47-33)9-17(20)49-30(31)13-3-5-14(36)6-4-13/h3-6,8-9,11-12,18-19,21-24,26-41,43-46H,7,10H2,1-2H3/t11-,12-,18+,19+,21-,22-,23-,24+,26+,27+,28-,29+,30-,31-,32-,33+,34+/m0/s1. The second-order valence-corrected chi connectivity index (χ2v) is 13.7. The van der Waals surface area contributed by atoms with Crippen LogP contribution < -0.4 is 9.47 Å². The molecule has 0 radical (unpaired) electrons. The molecule has 17 atom stereocenters. The Bertz CT molecular complexity index is 1560. The summed E-state index contributed by atoms with van der Waals surface area (Å²) in [6, 6.07) is 7.70. The maximum Gasteiger partial charge on any atom is 0.229 e. The van der Waals surface area contributed by atoms with Gasteiger partial charge in [-0.25, -0.2) is 0 Å². The van der Waals surface area contributed by atoms with Crippen molar-refractivity contribution >= 4 is 5.78 Å². The first kappa shape index (κ1) is 38.5. The molecule has 6 rings (SSSR count). The minimum absolute atomic E-state index is 0.00346. The summed E-state index contributed by atoms with van der Waals surface area (Å²) in [7, 11) is 0. The summed E-state index contributed by atoms with van der Waals surface area (Å²) in [6.45, 7) is 2.26. The molecule has 0 spiro atoms. The van der Waals surface area contributed by atoms with Gasteiger partial charge in [0.15, 0.2) is 18.5 Å². The highest BCUT2D eigenvalue weighted by atomic mass is 16.7. The van der Waals surface area contributed by atoms with Crippen molar-refractivity contribution < 1.29 is 89.4 Å². The minimum atomic E-state index is -1.82. The van der Waals surface area contributed by atoms with E-state index >= 15 is 0 Å². The van der Waals surface area contributed by atoms with Gasteiger partial charge in [-0.1, -0.05) is 19.1 Å². The van der Waals surface area contributed by atoms with Gasteiger partial charge in [0.25, 0.3) is 0 Å². The fourth-order valence-corrected chi connectivity index (χ4v) is 6.94.